The maximum absolute atomic E-state index is 14.2. The van der Waals surface area contributed by atoms with Gasteiger partial charge in [0.05, 0.1) is 22.9 Å². The Hall–Kier alpha value is -4.20. The standard InChI is InChI=1S/C26H25FN6O/c1-3-16(13-28-2)14-29-24-25-30-15-23(33(25)22-12-19(27)8-11-21(22)32-24)17-4-6-18(7-5-17)26(34)31-20-9-10-20/h3-8,11-13,15,20,28H,1,9-10,14H2,2H3,(H,29,32)(H,31,34)/b16-13+. The van der Waals surface area contributed by atoms with Crippen LogP contribution in [-0.2, 0) is 0 Å². The molecule has 1 saturated carbocycles. The molecule has 172 valence electrons. The van der Waals surface area contributed by atoms with Crippen LogP contribution in [0.3, 0.4) is 0 Å². The second-order valence-electron chi connectivity index (χ2n) is 8.29. The van der Waals surface area contributed by atoms with Crippen molar-refractivity contribution < 1.29 is 9.18 Å². The van der Waals surface area contributed by atoms with Crippen LogP contribution >= 0.6 is 0 Å². The Labute approximate surface area is 196 Å². The molecule has 1 amide bonds. The van der Waals surface area contributed by atoms with Crippen LogP contribution in [0, 0.1) is 5.82 Å². The predicted octanol–water partition coefficient (Wildman–Crippen LogP) is 4.28. The third-order valence-electron chi connectivity index (χ3n) is 5.79. The van der Waals surface area contributed by atoms with Crippen molar-refractivity contribution in [1.82, 2.24) is 25.0 Å². The zero-order valence-electron chi connectivity index (χ0n) is 18.8. The molecule has 5 rings (SSSR count). The largest absolute Gasteiger partial charge is 0.394 e. The number of rotatable bonds is 8. The molecule has 1 aliphatic rings. The number of aromatic nitrogens is 3. The molecule has 7 nitrogen and oxygen atoms in total. The van der Waals surface area contributed by atoms with Gasteiger partial charge in [-0.15, -0.1) is 0 Å². The first-order valence-electron chi connectivity index (χ1n) is 11.2. The normalized spacial score (nSPS) is 13.8. The highest BCUT2D eigenvalue weighted by molar-refractivity contribution is 5.95. The third kappa shape index (κ3) is 4.22. The number of halogens is 1. The van der Waals surface area contributed by atoms with Crippen LogP contribution in [0.4, 0.5) is 10.2 Å². The van der Waals surface area contributed by atoms with Crippen molar-refractivity contribution >= 4 is 28.4 Å². The number of carbonyl (C=O) groups is 1. The summed E-state index contributed by atoms with van der Waals surface area (Å²) in [6.07, 6.45) is 7.43. The lowest BCUT2D eigenvalue weighted by molar-refractivity contribution is 0.0951. The Morgan fingerprint density at radius 2 is 2.03 bits per heavy atom. The molecule has 2 heterocycles. The van der Waals surface area contributed by atoms with E-state index in [1.54, 1.807) is 30.5 Å². The van der Waals surface area contributed by atoms with E-state index in [1.165, 1.54) is 12.1 Å². The summed E-state index contributed by atoms with van der Waals surface area (Å²) in [4.78, 5) is 21.7. The van der Waals surface area contributed by atoms with E-state index in [1.807, 2.05) is 29.8 Å². The molecule has 0 bridgehead atoms. The minimum absolute atomic E-state index is 0.0666. The summed E-state index contributed by atoms with van der Waals surface area (Å²) >= 11 is 0. The Kier molecular flexibility index (Phi) is 5.71. The molecular formula is C26H25FN6O. The Morgan fingerprint density at radius 3 is 2.74 bits per heavy atom. The second kappa shape index (κ2) is 8.97. The molecule has 0 unspecified atom stereocenters. The summed E-state index contributed by atoms with van der Waals surface area (Å²) in [5.41, 5.74) is 5.02. The van der Waals surface area contributed by atoms with Crippen molar-refractivity contribution in [3.05, 3.63) is 84.5 Å². The molecule has 4 aromatic rings. The minimum atomic E-state index is -0.353. The van der Waals surface area contributed by atoms with Gasteiger partial charge < -0.3 is 16.0 Å². The van der Waals surface area contributed by atoms with Crippen molar-refractivity contribution in [1.29, 1.82) is 0 Å². The maximum Gasteiger partial charge on any atom is 0.251 e. The molecule has 0 aliphatic heterocycles. The summed E-state index contributed by atoms with van der Waals surface area (Å²) in [6.45, 7) is 4.33. The predicted molar refractivity (Wildman–Crippen MR) is 132 cm³/mol. The number of nitrogens with zero attached hydrogens (tertiary/aromatic N) is 3. The van der Waals surface area contributed by atoms with Crippen LogP contribution in [-0.4, -0.2) is 39.9 Å². The van der Waals surface area contributed by atoms with Crippen molar-refractivity contribution in [2.45, 2.75) is 18.9 Å². The number of nitrogens with one attached hydrogen (secondary N) is 3. The van der Waals surface area contributed by atoms with Crippen LogP contribution < -0.4 is 16.0 Å². The SMILES string of the molecule is C=C/C(=C\NC)CNc1nc2ccc(F)cc2n2c(-c3ccc(C(=O)NC4CC4)cc3)cnc12. The molecule has 0 spiro atoms. The fourth-order valence-corrected chi connectivity index (χ4v) is 3.87. The first-order valence-corrected chi connectivity index (χ1v) is 11.2. The first-order chi connectivity index (χ1) is 16.6. The van der Waals surface area contributed by atoms with Gasteiger partial charge in [0.15, 0.2) is 11.5 Å². The summed E-state index contributed by atoms with van der Waals surface area (Å²) in [5, 5.41) is 9.32. The molecule has 0 saturated heterocycles. The van der Waals surface area contributed by atoms with E-state index in [0.29, 0.717) is 40.6 Å². The average molecular weight is 457 g/mol. The van der Waals surface area contributed by atoms with E-state index >= 15 is 0 Å². The number of hydrogen-bond donors (Lipinski definition) is 3. The molecule has 1 aliphatic carbocycles. The van der Waals surface area contributed by atoms with Crippen molar-refractivity contribution in [2.75, 3.05) is 18.9 Å². The number of benzene rings is 2. The van der Waals surface area contributed by atoms with E-state index in [-0.39, 0.29) is 11.7 Å². The molecule has 8 heteroatoms. The molecule has 3 N–H and O–H groups in total. The van der Waals surface area contributed by atoms with Gasteiger partial charge in [0.25, 0.3) is 5.91 Å². The lowest BCUT2D eigenvalue weighted by Crippen LogP contribution is -2.25. The van der Waals surface area contributed by atoms with E-state index in [4.69, 9.17) is 4.98 Å². The highest BCUT2D eigenvalue weighted by atomic mass is 19.1. The molecule has 0 radical (unpaired) electrons. The van der Waals surface area contributed by atoms with Gasteiger partial charge in [0.2, 0.25) is 0 Å². The van der Waals surface area contributed by atoms with Crippen LogP contribution in [0.15, 0.2) is 73.1 Å². The highest BCUT2D eigenvalue weighted by Crippen LogP contribution is 2.29. The third-order valence-corrected chi connectivity index (χ3v) is 5.79. The molecule has 34 heavy (non-hydrogen) atoms. The van der Waals surface area contributed by atoms with Crippen LogP contribution in [0.2, 0.25) is 0 Å². The van der Waals surface area contributed by atoms with Gasteiger partial charge in [-0.2, -0.15) is 0 Å². The smallest absolute Gasteiger partial charge is 0.251 e. The summed E-state index contributed by atoms with van der Waals surface area (Å²) in [6, 6.07) is 12.2. The number of hydrogen-bond acceptors (Lipinski definition) is 5. The van der Waals surface area contributed by atoms with Crippen molar-refractivity contribution in [3.63, 3.8) is 0 Å². The fourth-order valence-electron chi connectivity index (χ4n) is 3.87. The minimum Gasteiger partial charge on any atom is -0.394 e. The number of amides is 1. The summed E-state index contributed by atoms with van der Waals surface area (Å²) < 4.78 is 16.1. The average Bonchev–Trinajstić information content (AvgIpc) is 3.55. The fraction of sp³-hybridized carbons (Fsp3) is 0.192. The van der Waals surface area contributed by atoms with E-state index in [9.17, 15) is 9.18 Å². The maximum atomic E-state index is 14.2. The van der Waals surface area contributed by atoms with Crippen LogP contribution in [0.5, 0.6) is 0 Å². The molecule has 0 atom stereocenters. The molecule has 2 aromatic heterocycles. The zero-order valence-corrected chi connectivity index (χ0v) is 18.8. The van der Waals surface area contributed by atoms with Gasteiger partial charge >= 0.3 is 0 Å². The van der Waals surface area contributed by atoms with Crippen molar-refractivity contribution in [2.24, 2.45) is 0 Å². The van der Waals surface area contributed by atoms with Gasteiger partial charge in [-0.1, -0.05) is 24.8 Å². The van der Waals surface area contributed by atoms with E-state index in [2.05, 4.69) is 27.5 Å². The van der Waals surface area contributed by atoms with Crippen LogP contribution in [0.25, 0.3) is 27.9 Å². The van der Waals surface area contributed by atoms with E-state index in [0.717, 1.165) is 29.7 Å². The van der Waals surface area contributed by atoms with Gasteiger partial charge in [-0.05, 0) is 42.7 Å². The zero-order chi connectivity index (χ0) is 23.7. The Balaban J connectivity index is 1.57. The molecule has 1 fully saturated rings. The van der Waals surface area contributed by atoms with Gasteiger partial charge in [0, 0.05) is 43.0 Å². The molecular weight excluding hydrogens is 431 g/mol. The topological polar surface area (TPSA) is 83.3 Å². The lowest BCUT2D eigenvalue weighted by Gasteiger charge is -2.12. The summed E-state index contributed by atoms with van der Waals surface area (Å²) in [7, 11) is 1.83. The van der Waals surface area contributed by atoms with Gasteiger partial charge in [-0.25, -0.2) is 14.4 Å². The number of carbonyl (C=O) groups excluding carboxylic acids is 1. The van der Waals surface area contributed by atoms with Gasteiger partial charge in [-0.3, -0.25) is 9.20 Å². The van der Waals surface area contributed by atoms with Crippen LogP contribution in [0.1, 0.15) is 23.2 Å². The highest BCUT2D eigenvalue weighted by Gasteiger charge is 2.24. The second-order valence-corrected chi connectivity index (χ2v) is 8.29. The van der Waals surface area contributed by atoms with Gasteiger partial charge in [0.1, 0.15) is 5.82 Å². The monoisotopic (exact) mass is 456 g/mol. The number of imidazole rings is 1. The Bertz CT molecular complexity index is 1420. The van der Waals surface area contributed by atoms with E-state index < -0.39 is 0 Å². The quantitative estimate of drug-likeness (QED) is 0.345. The number of fused-ring (bicyclic) bond motifs is 3. The van der Waals surface area contributed by atoms with Crippen molar-refractivity contribution in [3.8, 4) is 11.3 Å². The summed E-state index contributed by atoms with van der Waals surface area (Å²) in [5.74, 6) is 0.159. The number of anilines is 1. The Morgan fingerprint density at radius 1 is 1.24 bits per heavy atom. The molecule has 2 aromatic carbocycles. The lowest BCUT2D eigenvalue weighted by atomic mass is 10.1. The first kappa shape index (κ1) is 21.6.